The molecule has 0 saturated carbocycles. The highest BCUT2D eigenvalue weighted by molar-refractivity contribution is 7.89. The molecule has 0 aromatic carbocycles. The van der Waals surface area contributed by atoms with Crippen LogP contribution in [0.25, 0.3) is 0 Å². The van der Waals surface area contributed by atoms with Crippen molar-refractivity contribution in [1.82, 2.24) is 9.71 Å². The fourth-order valence-electron chi connectivity index (χ4n) is 1.06. The van der Waals surface area contributed by atoms with E-state index >= 15 is 0 Å². The number of nitrogens with zero attached hydrogens (tertiary/aromatic N) is 2. The summed E-state index contributed by atoms with van der Waals surface area (Å²) < 4.78 is 25.8. The molecule has 86 valence electrons. The normalized spacial score (nSPS) is 13.1. The minimum Gasteiger partial charge on any atom is -0.395 e. The molecule has 0 aliphatic heterocycles. The Kier molecular flexibility index (Phi) is 3.95. The molecule has 1 atom stereocenters. The number of hydrogen-bond acceptors (Lipinski definition) is 5. The third-order valence-corrected chi connectivity index (χ3v) is 3.42. The molecular weight excluding hydrogens is 230 g/mol. The highest BCUT2D eigenvalue weighted by Gasteiger charge is 2.20. The van der Waals surface area contributed by atoms with Crippen LogP contribution in [0.15, 0.2) is 23.2 Å². The van der Waals surface area contributed by atoms with Crippen molar-refractivity contribution in [2.45, 2.75) is 17.9 Å². The van der Waals surface area contributed by atoms with E-state index in [4.69, 9.17) is 10.4 Å². The van der Waals surface area contributed by atoms with E-state index in [0.717, 1.165) is 0 Å². The van der Waals surface area contributed by atoms with Crippen molar-refractivity contribution in [1.29, 1.82) is 5.26 Å². The number of nitriles is 1. The second kappa shape index (κ2) is 5.03. The highest BCUT2D eigenvalue weighted by atomic mass is 32.2. The van der Waals surface area contributed by atoms with Gasteiger partial charge < -0.3 is 5.11 Å². The Bertz CT molecular complexity index is 507. The van der Waals surface area contributed by atoms with Crippen LogP contribution in [-0.4, -0.2) is 31.2 Å². The number of rotatable bonds is 4. The van der Waals surface area contributed by atoms with Gasteiger partial charge in [0.25, 0.3) is 0 Å². The lowest BCUT2D eigenvalue weighted by atomic mass is 10.4. The molecule has 0 spiro atoms. The molecule has 0 amide bonds. The number of pyridine rings is 1. The lowest BCUT2D eigenvalue weighted by molar-refractivity contribution is 0.265. The Morgan fingerprint density at radius 1 is 1.69 bits per heavy atom. The maximum atomic E-state index is 11.8. The maximum absolute atomic E-state index is 11.8. The van der Waals surface area contributed by atoms with Crippen molar-refractivity contribution in [2.75, 3.05) is 6.61 Å². The number of aliphatic hydroxyl groups excluding tert-OH is 1. The molecule has 1 unspecified atom stereocenters. The summed E-state index contributed by atoms with van der Waals surface area (Å²) in [5, 5.41) is 17.5. The molecule has 2 N–H and O–H groups in total. The van der Waals surface area contributed by atoms with Gasteiger partial charge in [0, 0.05) is 12.2 Å². The number of nitrogens with one attached hydrogen (secondary N) is 1. The zero-order valence-electron chi connectivity index (χ0n) is 8.58. The molecule has 1 rings (SSSR count). The average molecular weight is 241 g/mol. The lowest BCUT2D eigenvalue weighted by Crippen LogP contribution is -2.35. The molecule has 0 saturated heterocycles. The van der Waals surface area contributed by atoms with Gasteiger partial charge in [0.2, 0.25) is 10.0 Å². The molecular formula is C9H11N3O3S. The predicted molar refractivity (Wildman–Crippen MR) is 55.8 cm³/mol. The zero-order chi connectivity index (χ0) is 12.2. The first-order chi connectivity index (χ1) is 7.51. The summed E-state index contributed by atoms with van der Waals surface area (Å²) in [4.78, 5) is 3.47. The van der Waals surface area contributed by atoms with E-state index in [-0.39, 0.29) is 17.2 Å². The smallest absolute Gasteiger partial charge is 0.243 e. The SMILES string of the molecule is CC(CO)NS(=O)(=O)c1cccnc1C#N. The topological polar surface area (TPSA) is 103 Å². The first kappa shape index (κ1) is 12.6. The van der Waals surface area contributed by atoms with Gasteiger partial charge in [-0.3, -0.25) is 0 Å². The largest absolute Gasteiger partial charge is 0.395 e. The van der Waals surface area contributed by atoms with Crippen LogP contribution in [0.5, 0.6) is 0 Å². The second-order valence-corrected chi connectivity index (χ2v) is 4.85. The van der Waals surface area contributed by atoms with Crippen LogP contribution in [0.3, 0.4) is 0 Å². The highest BCUT2D eigenvalue weighted by Crippen LogP contribution is 2.11. The van der Waals surface area contributed by atoms with Crippen molar-refractivity contribution in [2.24, 2.45) is 0 Å². The van der Waals surface area contributed by atoms with Crippen molar-refractivity contribution in [3.05, 3.63) is 24.0 Å². The molecule has 6 nitrogen and oxygen atoms in total. The van der Waals surface area contributed by atoms with Gasteiger partial charge in [-0.1, -0.05) is 0 Å². The van der Waals surface area contributed by atoms with Crippen molar-refractivity contribution < 1.29 is 13.5 Å². The van der Waals surface area contributed by atoms with Crippen LogP contribution >= 0.6 is 0 Å². The van der Waals surface area contributed by atoms with Crippen LogP contribution in [0, 0.1) is 11.3 Å². The van der Waals surface area contributed by atoms with Crippen LogP contribution in [0.1, 0.15) is 12.6 Å². The van der Waals surface area contributed by atoms with Crippen molar-refractivity contribution >= 4 is 10.0 Å². The fraction of sp³-hybridized carbons (Fsp3) is 0.333. The molecule has 7 heteroatoms. The third-order valence-electron chi connectivity index (χ3n) is 1.80. The van der Waals surface area contributed by atoms with Gasteiger partial charge in [-0.15, -0.1) is 0 Å². The molecule has 1 heterocycles. The summed E-state index contributed by atoms with van der Waals surface area (Å²) in [5.74, 6) is 0. The molecule has 16 heavy (non-hydrogen) atoms. The van der Waals surface area contributed by atoms with E-state index in [0.29, 0.717) is 0 Å². The first-order valence-corrected chi connectivity index (χ1v) is 5.98. The quantitative estimate of drug-likeness (QED) is 0.747. The molecule has 0 fully saturated rings. The summed E-state index contributed by atoms with van der Waals surface area (Å²) in [7, 11) is -3.81. The lowest BCUT2D eigenvalue weighted by Gasteiger charge is -2.11. The van der Waals surface area contributed by atoms with Gasteiger partial charge in [0.1, 0.15) is 11.0 Å². The Labute approximate surface area is 93.6 Å². The number of sulfonamides is 1. The Morgan fingerprint density at radius 2 is 2.38 bits per heavy atom. The van der Waals surface area contributed by atoms with E-state index in [1.54, 1.807) is 6.07 Å². The molecule has 0 aliphatic rings. The van der Waals surface area contributed by atoms with Crippen LogP contribution < -0.4 is 4.72 Å². The fourth-order valence-corrected chi connectivity index (χ4v) is 2.40. The summed E-state index contributed by atoms with van der Waals surface area (Å²) in [5.41, 5.74) is -0.167. The summed E-state index contributed by atoms with van der Waals surface area (Å²) in [6, 6.07) is 3.81. The van der Waals surface area contributed by atoms with E-state index in [9.17, 15) is 8.42 Å². The van der Waals surface area contributed by atoms with E-state index in [1.807, 2.05) is 0 Å². The Morgan fingerprint density at radius 3 is 2.94 bits per heavy atom. The second-order valence-electron chi connectivity index (χ2n) is 3.17. The third kappa shape index (κ3) is 2.76. The Balaban J connectivity index is 3.13. The van der Waals surface area contributed by atoms with Crippen LogP contribution in [0.4, 0.5) is 0 Å². The molecule has 1 aromatic rings. The van der Waals surface area contributed by atoms with E-state index in [1.165, 1.54) is 25.3 Å². The minimum absolute atomic E-state index is 0.167. The Hall–Kier alpha value is -1.49. The van der Waals surface area contributed by atoms with E-state index < -0.39 is 16.1 Å². The van der Waals surface area contributed by atoms with Crippen LogP contribution in [0.2, 0.25) is 0 Å². The number of hydrogen-bond donors (Lipinski definition) is 2. The number of aromatic nitrogens is 1. The monoisotopic (exact) mass is 241 g/mol. The van der Waals surface area contributed by atoms with Crippen molar-refractivity contribution in [3.63, 3.8) is 0 Å². The van der Waals surface area contributed by atoms with Gasteiger partial charge in [-0.25, -0.2) is 18.1 Å². The van der Waals surface area contributed by atoms with Gasteiger partial charge in [0.05, 0.1) is 6.61 Å². The van der Waals surface area contributed by atoms with Crippen molar-refractivity contribution in [3.8, 4) is 6.07 Å². The maximum Gasteiger partial charge on any atom is 0.243 e. The van der Waals surface area contributed by atoms with Gasteiger partial charge in [-0.2, -0.15) is 5.26 Å². The molecule has 0 radical (unpaired) electrons. The first-order valence-electron chi connectivity index (χ1n) is 4.49. The average Bonchev–Trinajstić information content (AvgIpc) is 2.28. The molecule has 1 aromatic heterocycles. The summed E-state index contributed by atoms with van der Waals surface area (Å²) in [6.45, 7) is 1.20. The van der Waals surface area contributed by atoms with Gasteiger partial charge in [0.15, 0.2) is 5.69 Å². The summed E-state index contributed by atoms with van der Waals surface area (Å²) in [6.07, 6.45) is 1.34. The van der Waals surface area contributed by atoms with Crippen LogP contribution in [-0.2, 0) is 10.0 Å². The number of aliphatic hydroxyl groups is 1. The zero-order valence-corrected chi connectivity index (χ0v) is 9.40. The minimum atomic E-state index is -3.81. The van der Waals surface area contributed by atoms with Gasteiger partial charge >= 0.3 is 0 Å². The molecule has 0 aliphatic carbocycles. The predicted octanol–water partition coefficient (Wildman–Crippen LogP) is -0.388. The standard InChI is InChI=1S/C9H11N3O3S/c1-7(6-13)12-16(14,15)9-3-2-4-11-8(9)5-10/h2-4,7,12-13H,6H2,1H3. The van der Waals surface area contributed by atoms with E-state index in [2.05, 4.69) is 9.71 Å². The molecule has 0 bridgehead atoms. The summed E-state index contributed by atoms with van der Waals surface area (Å²) >= 11 is 0. The van der Waals surface area contributed by atoms with Gasteiger partial charge in [-0.05, 0) is 19.1 Å².